The Morgan fingerprint density at radius 3 is 2.39 bits per heavy atom. The Balaban J connectivity index is 2.00. The highest BCUT2D eigenvalue weighted by Crippen LogP contribution is 2.20. The zero-order valence-electron chi connectivity index (χ0n) is 10.8. The first-order chi connectivity index (χ1) is 8.53. The van der Waals surface area contributed by atoms with Crippen molar-refractivity contribution < 1.29 is 8.42 Å². The molecule has 0 radical (unpaired) electrons. The Morgan fingerprint density at radius 1 is 1.28 bits per heavy atom. The predicted octanol–water partition coefficient (Wildman–Crippen LogP) is 0.229. The molecule has 1 fully saturated rings. The summed E-state index contributed by atoms with van der Waals surface area (Å²) in [6, 6.07) is 2.07. The van der Waals surface area contributed by atoms with Crippen LogP contribution in [-0.4, -0.2) is 37.3 Å². The molecular weight excluding hydrogens is 252 g/mol. The summed E-state index contributed by atoms with van der Waals surface area (Å²) in [6.45, 7) is 0. The lowest BCUT2D eigenvalue weighted by atomic mass is 9.92. The number of hydrogen-bond donors (Lipinski definition) is 2. The Bertz CT molecular complexity index is 489. The van der Waals surface area contributed by atoms with Gasteiger partial charge in [-0.3, -0.25) is 4.68 Å². The Labute approximate surface area is 108 Å². The third-order valence-electron chi connectivity index (χ3n) is 3.51. The zero-order valence-corrected chi connectivity index (χ0v) is 11.6. The molecule has 1 aromatic rings. The fraction of sp³-hybridized carbons (Fsp3) is 0.727. The Kier molecular flexibility index (Phi) is 4.04. The minimum Gasteiger partial charge on any atom is -0.317 e. The first-order valence-electron chi connectivity index (χ1n) is 6.20. The molecule has 0 amide bonds. The predicted molar refractivity (Wildman–Crippen MR) is 68.6 cm³/mol. The average Bonchev–Trinajstić information content (AvgIpc) is 2.77. The number of sulfonamides is 1. The van der Waals surface area contributed by atoms with Crippen LogP contribution in [0.1, 0.15) is 25.7 Å². The summed E-state index contributed by atoms with van der Waals surface area (Å²) < 4.78 is 28.4. The SMILES string of the molecule is CNC1CCC(NS(=O)(=O)c2ccnn2C)CC1. The van der Waals surface area contributed by atoms with Gasteiger partial charge >= 0.3 is 0 Å². The number of aromatic nitrogens is 2. The summed E-state index contributed by atoms with van der Waals surface area (Å²) in [5, 5.41) is 7.34. The normalized spacial score (nSPS) is 25.2. The monoisotopic (exact) mass is 272 g/mol. The van der Waals surface area contributed by atoms with Crippen LogP contribution in [0, 0.1) is 0 Å². The molecule has 0 bridgehead atoms. The lowest BCUT2D eigenvalue weighted by Gasteiger charge is -2.28. The molecule has 102 valence electrons. The fourth-order valence-corrected chi connectivity index (χ4v) is 3.84. The second-order valence-corrected chi connectivity index (χ2v) is 6.41. The third kappa shape index (κ3) is 2.90. The van der Waals surface area contributed by atoms with Gasteiger partial charge in [0.05, 0.1) is 6.20 Å². The highest BCUT2D eigenvalue weighted by molar-refractivity contribution is 7.89. The van der Waals surface area contributed by atoms with Crippen LogP contribution in [0.25, 0.3) is 0 Å². The molecule has 7 heteroatoms. The molecular formula is C11H20N4O2S. The molecule has 0 aliphatic heterocycles. The van der Waals surface area contributed by atoms with E-state index >= 15 is 0 Å². The van der Waals surface area contributed by atoms with Crippen molar-refractivity contribution in [3.05, 3.63) is 12.3 Å². The zero-order chi connectivity index (χ0) is 13.2. The fourth-order valence-electron chi connectivity index (χ4n) is 2.41. The minimum atomic E-state index is -3.44. The summed E-state index contributed by atoms with van der Waals surface area (Å²) in [6.07, 6.45) is 5.27. The molecule has 6 nitrogen and oxygen atoms in total. The van der Waals surface area contributed by atoms with Crippen molar-refractivity contribution in [1.29, 1.82) is 0 Å². The summed E-state index contributed by atoms with van der Waals surface area (Å²) in [5.41, 5.74) is 0. The van der Waals surface area contributed by atoms with Crippen molar-refractivity contribution >= 4 is 10.0 Å². The molecule has 1 aliphatic rings. The second kappa shape index (κ2) is 5.38. The molecule has 2 N–H and O–H groups in total. The van der Waals surface area contributed by atoms with E-state index in [-0.39, 0.29) is 11.1 Å². The molecule has 0 unspecified atom stereocenters. The van der Waals surface area contributed by atoms with Crippen LogP contribution in [0.5, 0.6) is 0 Å². The highest BCUT2D eigenvalue weighted by atomic mass is 32.2. The standard InChI is InChI=1S/C11H20N4O2S/c1-12-9-3-5-10(6-4-9)14-18(16,17)11-7-8-13-15(11)2/h7-10,12,14H,3-6H2,1-2H3. The van der Waals surface area contributed by atoms with Gasteiger partial charge in [-0.15, -0.1) is 0 Å². The van der Waals surface area contributed by atoms with Gasteiger partial charge in [-0.05, 0) is 38.8 Å². The van der Waals surface area contributed by atoms with Crippen molar-refractivity contribution in [3.63, 3.8) is 0 Å². The summed E-state index contributed by atoms with van der Waals surface area (Å²) in [5.74, 6) is 0. The quantitative estimate of drug-likeness (QED) is 0.822. The van der Waals surface area contributed by atoms with Gasteiger partial charge in [0.15, 0.2) is 5.03 Å². The van der Waals surface area contributed by atoms with E-state index in [1.807, 2.05) is 7.05 Å². The summed E-state index contributed by atoms with van der Waals surface area (Å²) in [7, 11) is 0.139. The molecule has 1 saturated carbocycles. The van der Waals surface area contributed by atoms with Crippen LogP contribution in [0.2, 0.25) is 0 Å². The maximum Gasteiger partial charge on any atom is 0.257 e. The van der Waals surface area contributed by atoms with Crippen LogP contribution in [0.4, 0.5) is 0 Å². The molecule has 18 heavy (non-hydrogen) atoms. The summed E-state index contributed by atoms with van der Waals surface area (Å²) in [4.78, 5) is 0. The number of hydrogen-bond acceptors (Lipinski definition) is 4. The van der Waals surface area contributed by atoms with Gasteiger partial charge < -0.3 is 5.32 Å². The van der Waals surface area contributed by atoms with Gasteiger partial charge in [0.1, 0.15) is 0 Å². The average molecular weight is 272 g/mol. The molecule has 0 spiro atoms. The van der Waals surface area contributed by atoms with Gasteiger partial charge in [0, 0.05) is 19.1 Å². The van der Waals surface area contributed by atoms with E-state index in [2.05, 4.69) is 15.1 Å². The molecule has 1 aliphatic carbocycles. The third-order valence-corrected chi connectivity index (χ3v) is 5.10. The van der Waals surface area contributed by atoms with Crippen LogP contribution in [-0.2, 0) is 17.1 Å². The number of nitrogens with zero attached hydrogens (tertiary/aromatic N) is 2. The van der Waals surface area contributed by atoms with Gasteiger partial charge in [0.2, 0.25) is 0 Å². The Hall–Kier alpha value is -0.920. The maximum atomic E-state index is 12.1. The van der Waals surface area contributed by atoms with Crippen molar-refractivity contribution in [1.82, 2.24) is 19.8 Å². The number of nitrogens with one attached hydrogen (secondary N) is 2. The first-order valence-corrected chi connectivity index (χ1v) is 7.69. The van der Waals surface area contributed by atoms with E-state index in [4.69, 9.17) is 0 Å². The molecule has 1 aromatic heterocycles. The van der Waals surface area contributed by atoms with Crippen LogP contribution >= 0.6 is 0 Å². The minimum absolute atomic E-state index is 0.0366. The largest absolute Gasteiger partial charge is 0.317 e. The van der Waals surface area contributed by atoms with Gasteiger partial charge in [-0.2, -0.15) is 5.10 Å². The van der Waals surface area contributed by atoms with Gasteiger partial charge in [-0.25, -0.2) is 13.1 Å². The first kappa shape index (κ1) is 13.5. The van der Waals surface area contributed by atoms with Crippen molar-refractivity contribution in [3.8, 4) is 0 Å². The highest BCUT2D eigenvalue weighted by Gasteiger charge is 2.26. The number of aryl methyl sites for hydroxylation is 1. The van der Waals surface area contributed by atoms with E-state index in [0.717, 1.165) is 25.7 Å². The lowest BCUT2D eigenvalue weighted by molar-refractivity contribution is 0.342. The number of rotatable bonds is 4. The van der Waals surface area contributed by atoms with E-state index in [1.165, 1.54) is 16.9 Å². The summed E-state index contributed by atoms with van der Waals surface area (Å²) >= 11 is 0. The lowest BCUT2D eigenvalue weighted by Crippen LogP contribution is -2.41. The van der Waals surface area contributed by atoms with E-state index in [0.29, 0.717) is 6.04 Å². The van der Waals surface area contributed by atoms with Gasteiger partial charge in [-0.1, -0.05) is 0 Å². The van der Waals surface area contributed by atoms with E-state index in [1.54, 1.807) is 7.05 Å². The van der Waals surface area contributed by atoms with Crippen LogP contribution in [0.15, 0.2) is 17.3 Å². The molecule has 0 atom stereocenters. The molecule has 1 heterocycles. The van der Waals surface area contributed by atoms with Gasteiger partial charge in [0.25, 0.3) is 10.0 Å². The maximum absolute atomic E-state index is 12.1. The molecule has 0 aromatic carbocycles. The smallest absolute Gasteiger partial charge is 0.257 e. The topological polar surface area (TPSA) is 76.0 Å². The molecule has 0 saturated heterocycles. The van der Waals surface area contributed by atoms with E-state index in [9.17, 15) is 8.42 Å². The molecule has 2 rings (SSSR count). The van der Waals surface area contributed by atoms with Crippen molar-refractivity contribution in [2.75, 3.05) is 7.05 Å². The van der Waals surface area contributed by atoms with Crippen LogP contribution in [0.3, 0.4) is 0 Å². The van der Waals surface area contributed by atoms with Crippen molar-refractivity contribution in [2.45, 2.75) is 42.8 Å². The van der Waals surface area contributed by atoms with Crippen LogP contribution < -0.4 is 10.0 Å². The second-order valence-electron chi connectivity index (χ2n) is 4.75. The van der Waals surface area contributed by atoms with Crippen molar-refractivity contribution in [2.24, 2.45) is 7.05 Å². The van der Waals surface area contributed by atoms with E-state index < -0.39 is 10.0 Å². The Morgan fingerprint density at radius 2 is 1.89 bits per heavy atom.